The van der Waals surface area contributed by atoms with Crippen LogP contribution in [0.3, 0.4) is 0 Å². The van der Waals surface area contributed by atoms with Crippen LogP contribution in [0.15, 0.2) is 0 Å². The average Bonchev–Trinajstić information content (AvgIpc) is 2.65. The van der Waals surface area contributed by atoms with Crippen molar-refractivity contribution in [3.05, 3.63) is 0 Å². The zero-order valence-electron chi connectivity index (χ0n) is 8.54. The molecular formula is C9H18N2O2S. The molecule has 1 fully saturated rings. The summed E-state index contributed by atoms with van der Waals surface area (Å²) in [5.41, 5.74) is 0. The van der Waals surface area contributed by atoms with Gasteiger partial charge in [0, 0.05) is 26.9 Å². The van der Waals surface area contributed by atoms with Crippen molar-refractivity contribution >= 4 is 17.3 Å². The van der Waals surface area contributed by atoms with Gasteiger partial charge in [-0.3, -0.25) is 0 Å². The van der Waals surface area contributed by atoms with E-state index >= 15 is 0 Å². The largest absolute Gasteiger partial charge is 0.385 e. The van der Waals surface area contributed by atoms with Crippen molar-refractivity contribution in [1.82, 2.24) is 10.6 Å². The summed E-state index contributed by atoms with van der Waals surface area (Å²) in [7, 11) is 1.70. The smallest absolute Gasteiger partial charge is 0.166 e. The van der Waals surface area contributed by atoms with Crippen LogP contribution >= 0.6 is 12.2 Å². The van der Waals surface area contributed by atoms with E-state index in [-0.39, 0.29) is 0 Å². The third-order valence-corrected chi connectivity index (χ3v) is 2.34. The van der Waals surface area contributed by atoms with Gasteiger partial charge in [-0.05, 0) is 25.1 Å². The van der Waals surface area contributed by atoms with Crippen LogP contribution in [0.4, 0.5) is 0 Å². The van der Waals surface area contributed by atoms with Gasteiger partial charge in [0.25, 0.3) is 0 Å². The van der Waals surface area contributed by atoms with Gasteiger partial charge in [-0.1, -0.05) is 0 Å². The summed E-state index contributed by atoms with van der Waals surface area (Å²) in [6.45, 7) is 3.22. The number of hydrogen-bond acceptors (Lipinski definition) is 3. The Morgan fingerprint density at radius 3 is 3.14 bits per heavy atom. The van der Waals surface area contributed by atoms with Gasteiger partial charge in [-0.15, -0.1) is 0 Å². The van der Waals surface area contributed by atoms with E-state index in [1.807, 2.05) is 0 Å². The number of rotatable bonds is 5. The van der Waals surface area contributed by atoms with E-state index in [2.05, 4.69) is 10.6 Å². The van der Waals surface area contributed by atoms with Crippen LogP contribution in [-0.4, -0.2) is 44.6 Å². The molecule has 1 saturated heterocycles. The van der Waals surface area contributed by atoms with Crippen LogP contribution in [0.25, 0.3) is 0 Å². The van der Waals surface area contributed by atoms with E-state index in [0.717, 1.165) is 44.3 Å². The first kappa shape index (κ1) is 11.7. The van der Waals surface area contributed by atoms with Crippen molar-refractivity contribution in [3.63, 3.8) is 0 Å². The second-order valence-electron chi connectivity index (χ2n) is 3.31. The van der Waals surface area contributed by atoms with E-state index in [1.54, 1.807) is 7.11 Å². The molecule has 0 spiro atoms. The normalized spacial score (nSPS) is 20.8. The first-order valence-corrected chi connectivity index (χ1v) is 5.35. The molecule has 1 unspecified atom stereocenters. The van der Waals surface area contributed by atoms with Crippen LogP contribution in [0.1, 0.15) is 12.8 Å². The lowest BCUT2D eigenvalue weighted by atomic mass is 10.3. The van der Waals surface area contributed by atoms with Crippen molar-refractivity contribution in [2.75, 3.05) is 33.5 Å². The quantitative estimate of drug-likeness (QED) is 0.512. The summed E-state index contributed by atoms with van der Waals surface area (Å²) in [6, 6.07) is 0.387. The van der Waals surface area contributed by atoms with Crippen molar-refractivity contribution in [2.24, 2.45) is 0 Å². The van der Waals surface area contributed by atoms with Crippen LogP contribution in [0.2, 0.25) is 0 Å². The molecule has 4 nitrogen and oxygen atoms in total. The topological polar surface area (TPSA) is 42.5 Å². The minimum atomic E-state index is 0.387. The molecule has 82 valence electrons. The Morgan fingerprint density at radius 2 is 2.50 bits per heavy atom. The Bertz CT molecular complexity index is 172. The second-order valence-corrected chi connectivity index (χ2v) is 3.72. The standard InChI is InChI=1S/C9H18N2O2S/c1-12-5-2-4-10-9(14)11-8-3-6-13-7-8/h8H,2-7H2,1H3,(H2,10,11,14). The number of thiocarbonyl (C=S) groups is 1. The van der Waals surface area contributed by atoms with Gasteiger partial charge in [-0.2, -0.15) is 0 Å². The Kier molecular flexibility index (Phi) is 5.82. The fourth-order valence-corrected chi connectivity index (χ4v) is 1.57. The molecule has 0 radical (unpaired) electrons. The zero-order chi connectivity index (χ0) is 10.2. The summed E-state index contributed by atoms with van der Waals surface area (Å²) < 4.78 is 10.2. The maximum absolute atomic E-state index is 5.23. The summed E-state index contributed by atoms with van der Waals surface area (Å²) in [6.07, 6.45) is 2.01. The molecule has 14 heavy (non-hydrogen) atoms. The number of hydrogen-bond donors (Lipinski definition) is 2. The Balaban J connectivity index is 1.98. The highest BCUT2D eigenvalue weighted by atomic mass is 32.1. The van der Waals surface area contributed by atoms with Crippen LogP contribution in [0.5, 0.6) is 0 Å². The summed E-state index contributed by atoms with van der Waals surface area (Å²) >= 11 is 5.12. The molecule has 1 atom stereocenters. The van der Waals surface area contributed by atoms with E-state index in [9.17, 15) is 0 Å². The molecule has 1 rings (SSSR count). The molecule has 0 aromatic carbocycles. The van der Waals surface area contributed by atoms with Crippen LogP contribution in [-0.2, 0) is 9.47 Å². The summed E-state index contributed by atoms with van der Waals surface area (Å²) in [5.74, 6) is 0. The molecule has 2 N–H and O–H groups in total. The minimum absolute atomic E-state index is 0.387. The molecule has 0 saturated carbocycles. The Hall–Kier alpha value is -0.390. The lowest BCUT2D eigenvalue weighted by molar-refractivity contribution is 0.192. The molecule has 5 heteroatoms. The van der Waals surface area contributed by atoms with Gasteiger partial charge in [0.15, 0.2) is 5.11 Å². The first-order chi connectivity index (χ1) is 6.83. The van der Waals surface area contributed by atoms with Gasteiger partial charge in [-0.25, -0.2) is 0 Å². The minimum Gasteiger partial charge on any atom is -0.385 e. The fourth-order valence-electron chi connectivity index (χ4n) is 1.30. The average molecular weight is 218 g/mol. The van der Waals surface area contributed by atoms with Crippen molar-refractivity contribution in [1.29, 1.82) is 0 Å². The molecule has 0 amide bonds. The molecule has 0 aliphatic carbocycles. The highest BCUT2D eigenvalue weighted by Gasteiger charge is 2.15. The Labute approximate surface area is 90.3 Å². The highest BCUT2D eigenvalue weighted by molar-refractivity contribution is 7.80. The van der Waals surface area contributed by atoms with Crippen molar-refractivity contribution in [2.45, 2.75) is 18.9 Å². The predicted molar refractivity (Wildman–Crippen MR) is 59.5 cm³/mol. The van der Waals surface area contributed by atoms with Gasteiger partial charge in [0.1, 0.15) is 0 Å². The molecule has 1 aliphatic heterocycles. The molecule has 1 aliphatic rings. The number of methoxy groups -OCH3 is 1. The Morgan fingerprint density at radius 1 is 1.64 bits per heavy atom. The van der Waals surface area contributed by atoms with Crippen LogP contribution < -0.4 is 10.6 Å². The predicted octanol–water partition coefficient (Wildman–Crippen LogP) is 0.276. The SMILES string of the molecule is COCCCNC(=S)NC1CCOC1. The van der Waals surface area contributed by atoms with E-state index < -0.39 is 0 Å². The molecular weight excluding hydrogens is 200 g/mol. The van der Waals surface area contributed by atoms with Gasteiger partial charge >= 0.3 is 0 Å². The van der Waals surface area contributed by atoms with E-state index in [0.29, 0.717) is 6.04 Å². The maximum atomic E-state index is 5.23. The summed E-state index contributed by atoms with van der Waals surface area (Å²) in [4.78, 5) is 0. The van der Waals surface area contributed by atoms with Gasteiger partial charge < -0.3 is 20.1 Å². The summed E-state index contributed by atoms with van der Waals surface area (Å²) in [5, 5.41) is 7.06. The fraction of sp³-hybridized carbons (Fsp3) is 0.889. The second kappa shape index (κ2) is 6.98. The lowest BCUT2D eigenvalue weighted by Crippen LogP contribution is -2.42. The molecule has 0 aromatic heterocycles. The first-order valence-electron chi connectivity index (χ1n) is 4.94. The molecule has 1 heterocycles. The molecule has 0 bridgehead atoms. The number of ether oxygens (including phenoxy) is 2. The van der Waals surface area contributed by atoms with Gasteiger partial charge in [0.05, 0.1) is 12.6 Å². The third-order valence-electron chi connectivity index (χ3n) is 2.08. The third kappa shape index (κ3) is 4.74. The van der Waals surface area contributed by atoms with E-state index in [4.69, 9.17) is 21.7 Å². The molecule has 0 aromatic rings. The maximum Gasteiger partial charge on any atom is 0.166 e. The lowest BCUT2D eigenvalue weighted by Gasteiger charge is -2.14. The van der Waals surface area contributed by atoms with E-state index in [1.165, 1.54) is 0 Å². The number of nitrogens with one attached hydrogen (secondary N) is 2. The monoisotopic (exact) mass is 218 g/mol. The zero-order valence-corrected chi connectivity index (χ0v) is 9.36. The van der Waals surface area contributed by atoms with Crippen LogP contribution in [0, 0.1) is 0 Å². The van der Waals surface area contributed by atoms with Crippen molar-refractivity contribution in [3.8, 4) is 0 Å². The van der Waals surface area contributed by atoms with Gasteiger partial charge in [0.2, 0.25) is 0 Å². The highest BCUT2D eigenvalue weighted by Crippen LogP contribution is 2.02. The van der Waals surface area contributed by atoms with Crippen molar-refractivity contribution < 1.29 is 9.47 Å².